The number of hydrogen-bond acceptors (Lipinski definition) is 5. The molecule has 3 N–H and O–H groups in total. The third kappa shape index (κ3) is 4.95. The second-order valence-electron chi connectivity index (χ2n) is 5.87. The predicted molar refractivity (Wildman–Crippen MR) is 106 cm³/mol. The summed E-state index contributed by atoms with van der Waals surface area (Å²) in [5.41, 5.74) is 5.56. The quantitative estimate of drug-likeness (QED) is 0.677. The first-order valence-corrected chi connectivity index (χ1v) is 8.65. The number of nitrogen functional groups attached to an aromatic ring is 1. The van der Waals surface area contributed by atoms with Crippen LogP contribution < -0.4 is 21.9 Å². The van der Waals surface area contributed by atoms with Crippen LogP contribution in [0.25, 0.3) is 6.08 Å². The number of methoxy groups -OCH3 is 1. The van der Waals surface area contributed by atoms with Gasteiger partial charge < -0.3 is 10.5 Å². The SMILES string of the molecule is CCCn1c(N)c(N(CCOC)C(=O)C=Cc2ccccc2)c(=O)[nH]c1=O. The van der Waals surface area contributed by atoms with Crippen molar-refractivity contribution in [3.8, 4) is 0 Å². The van der Waals surface area contributed by atoms with Crippen molar-refractivity contribution in [3.05, 3.63) is 62.8 Å². The standard InChI is InChI=1S/C19H24N4O4/c1-3-11-23-17(20)16(18(25)21-19(23)26)22(12-13-27-2)15(24)10-9-14-7-5-4-6-8-14/h4-10H,3,11-13,20H2,1-2H3,(H,21,25,26). The lowest BCUT2D eigenvalue weighted by atomic mass is 10.2. The molecule has 0 saturated carbocycles. The van der Waals surface area contributed by atoms with Crippen molar-refractivity contribution < 1.29 is 9.53 Å². The number of ether oxygens (including phenoxy) is 1. The lowest BCUT2D eigenvalue weighted by molar-refractivity contribution is -0.114. The smallest absolute Gasteiger partial charge is 0.330 e. The summed E-state index contributed by atoms with van der Waals surface area (Å²) in [6.45, 7) is 2.54. The molecule has 8 heteroatoms. The molecule has 1 aromatic carbocycles. The van der Waals surface area contributed by atoms with Crippen LogP contribution in [0.15, 0.2) is 46.0 Å². The van der Waals surface area contributed by atoms with Crippen molar-refractivity contribution in [2.75, 3.05) is 30.9 Å². The number of hydrogen-bond donors (Lipinski definition) is 2. The van der Waals surface area contributed by atoms with E-state index < -0.39 is 17.2 Å². The molecule has 27 heavy (non-hydrogen) atoms. The Hall–Kier alpha value is -3.13. The van der Waals surface area contributed by atoms with Gasteiger partial charge in [0, 0.05) is 26.3 Å². The van der Waals surface area contributed by atoms with E-state index in [2.05, 4.69) is 4.98 Å². The lowest BCUT2D eigenvalue weighted by Gasteiger charge is -2.23. The van der Waals surface area contributed by atoms with Crippen molar-refractivity contribution in [2.24, 2.45) is 0 Å². The van der Waals surface area contributed by atoms with Gasteiger partial charge in [0.15, 0.2) is 5.69 Å². The van der Waals surface area contributed by atoms with Crippen molar-refractivity contribution in [1.29, 1.82) is 0 Å². The van der Waals surface area contributed by atoms with Gasteiger partial charge in [0.05, 0.1) is 6.61 Å². The molecule has 1 aromatic heterocycles. The third-order valence-electron chi connectivity index (χ3n) is 3.93. The second kappa shape index (κ2) is 9.54. The van der Waals surface area contributed by atoms with Gasteiger partial charge >= 0.3 is 5.69 Å². The number of benzene rings is 1. The topological polar surface area (TPSA) is 110 Å². The van der Waals surface area contributed by atoms with E-state index in [1.165, 1.54) is 22.7 Å². The highest BCUT2D eigenvalue weighted by atomic mass is 16.5. The van der Waals surface area contributed by atoms with Crippen LogP contribution in [0, 0.1) is 0 Å². The number of aromatic nitrogens is 2. The number of anilines is 2. The molecule has 1 heterocycles. The minimum atomic E-state index is -0.706. The number of rotatable bonds is 8. The first kappa shape index (κ1) is 20.2. The lowest BCUT2D eigenvalue weighted by Crippen LogP contribution is -2.42. The average molecular weight is 372 g/mol. The Morgan fingerprint density at radius 2 is 2.00 bits per heavy atom. The Kier molecular flexibility index (Phi) is 7.13. The molecule has 0 aliphatic carbocycles. The van der Waals surface area contributed by atoms with Gasteiger partial charge in [-0.1, -0.05) is 37.3 Å². The Labute approximate surface area is 156 Å². The summed E-state index contributed by atoms with van der Waals surface area (Å²) in [4.78, 5) is 40.6. The monoisotopic (exact) mass is 372 g/mol. The van der Waals surface area contributed by atoms with Crippen LogP contribution in [0.4, 0.5) is 11.5 Å². The van der Waals surface area contributed by atoms with Crippen LogP contribution in [0.2, 0.25) is 0 Å². The zero-order chi connectivity index (χ0) is 19.8. The van der Waals surface area contributed by atoms with E-state index in [0.29, 0.717) is 13.0 Å². The van der Waals surface area contributed by atoms with E-state index in [1.54, 1.807) is 6.08 Å². The number of amides is 1. The van der Waals surface area contributed by atoms with E-state index in [0.717, 1.165) is 5.56 Å². The van der Waals surface area contributed by atoms with Gasteiger partial charge in [0.1, 0.15) is 5.82 Å². The number of nitrogens with one attached hydrogen (secondary N) is 1. The van der Waals surface area contributed by atoms with E-state index >= 15 is 0 Å². The maximum Gasteiger partial charge on any atom is 0.330 e. The summed E-state index contributed by atoms with van der Waals surface area (Å²) in [6, 6.07) is 9.30. The van der Waals surface area contributed by atoms with Crippen molar-refractivity contribution in [1.82, 2.24) is 9.55 Å². The number of nitrogens with two attached hydrogens (primary N) is 1. The molecular formula is C19H24N4O4. The van der Waals surface area contributed by atoms with E-state index in [9.17, 15) is 14.4 Å². The molecule has 1 amide bonds. The number of carbonyl (C=O) groups is 1. The van der Waals surface area contributed by atoms with Crippen LogP contribution in [0.5, 0.6) is 0 Å². The van der Waals surface area contributed by atoms with Crippen LogP contribution in [-0.4, -0.2) is 35.7 Å². The normalized spacial score (nSPS) is 11.0. The van der Waals surface area contributed by atoms with E-state index in [-0.39, 0.29) is 24.7 Å². The molecule has 0 aliphatic rings. The molecule has 0 spiro atoms. The molecule has 0 bridgehead atoms. The predicted octanol–water partition coefficient (Wildman–Crippen LogP) is 1.22. The highest BCUT2D eigenvalue weighted by Gasteiger charge is 2.22. The molecule has 2 rings (SSSR count). The van der Waals surface area contributed by atoms with Crippen LogP contribution in [-0.2, 0) is 16.1 Å². The van der Waals surface area contributed by atoms with Gasteiger partial charge in [-0.3, -0.25) is 24.0 Å². The summed E-state index contributed by atoms with van der Waals surface area (Å²) >= 11 is 0. The molecule has 0 unspecified atom stereocenters. The summed E-state index contributed by atoms with van der Waals surface area (Å²) < 4.78 is 6.30. The number of H-pyrrole nitrogens is 1. The zero-order valence-electron chi connectivity index (χ0n) is 15.5. The fourth-order valence-electron chi connectivity index (χ4n) is 2.62. The molecule has 0 saturated heterocycles. The molecule has 0 atom stereocenters. The summed E-state index contributed by atoms with van der Waals surface area (Å²) in [5, 5.41) is 0. The molecule has 8 nitrogen and oxygen atoms in total. The first-order valence-electron chi connectivity index (χ1n) is 8.65. The van der Waals surface area contributed by atoms with Gasteiger partial charge in [-0.25, -0.2) is 4.79 Å². The highest BCUT2D eigenvalue weighted by molar-refractivity contribution is 6.05. The maximum atomic E-state index is 12.8. The summed E-state index contributed by atoms with van der Waals surface area (Å²) in [6.07, 6.45) is 3.66. The van der Waals surface area contributed by atoms with Gasteiger partial charge in [0.2, 0.25) is 0 Å². The van der Waals surface area contributed by atoms with Gasteiger partial charge in [-0.05, 0) is 18.1 Å². The molecule has 0 radical (unpaired) electrons. The Morgan fingerprint density at radius 3 is 2.63 bits per heavy atom. The summed E-state index contributed by atoms with van der Waals surface area (Å²) in [5.74, 6) is -0.474. The first-order chi connectivity index (χ1) is 13.0. The van der Waals surface area contributed by atoms with Gasteiger partial charge in [-0.15, -0.1) is 0 Å². The third-order valence-corrected chi connectivity index (χ3v) is 3.93. The van der Waals surface area contributed by atoms with Gasteiger partial charge in [0.25, 0.3) is 11.5 Å². The Bertz CT molecular complexity index is 916. The average Bonchev–Trinajstić information content (AvgIpc) is 2.66. The molecule has 2 aromatic rings. The molecule has 144 valence electrons. The van der Waals surface area contributed by atoms with Crippen molar-refractivity contribution in [3.63, 3.8) is 0 Å². The number of aromatic amines is 1. The number of carbonyl (C=O) groups excluding carboxylic acids is 1. The second-order valence-corrected chi connectivity index (χ2v) is 5.87. The summed E-state index contributed by atoms with van der Waals surface area (Å²) in [7, 11) is 1.49. The van der Waals surface area contributed by atoms with Crippen molar-refractivity contribution in [2.45, 2.75) is 19.9 Å². The fraction of sp³-hybridized carbons (Fsp3) is 0.316. The Balaban J connectivity index is 2.45. The minimum absolute atomic E-state index is 0.0387. The van der Waals surface area contributed by atoms with E-state index in [1.807, 2.05) is 37.3 Å². The minimum Gasteiger partial charge on any atom is -0.383 e. The van der Waals surface area contributed by atoms with Crippen LogP contribution in [0.3, 0.4) is 0 Å². The molecule has 0 fully saturated rings. The maximum absolute atomic E-state index is 12.8. The largest absolute Gasteiger partial charge is 0.383 e. The van der Waals surface area contributed by atoms with E-state index in [4.69, 9.17) is 10.5 Å². The molecule has 0 aliphatic heterocycles. The highest BCUT2D eigenvalue weighted by Crippen LogP contribution is 2.17. The fourth-order valence-corrected chi connectivity index (χ4v) is 2.62. The Morgan fingerprint density at radius 1 is 1.30 bits per heavy atom. The number of nitrogens with zero attached hydrogens (tertiary/aromatic N) is 2. The van der Waals surface area contributed by atoms with Crippen LogP contribution in [0.1, 0.15) is 18.9 Å². The van der Waals surface area contributed by atoms with Gasteiger partial charge in [-0.2, -0.15) is 0 Å². The molecular weight excluding hydrogens is 348 g/mol. The zero-order valence-corrected chi connectivity index (χ0v) is 15.5. The van der Waals surface area contributed by atoms with Crippen LogP contribution >= 0.6 is 0 Å². The van der Waals surface area contributed by atoms with Crippen molar-refractivity contribution >= 4 is 23.5 Å².